The minimum Gasteiger partial charge on any atom is -0.494 e. The van der Waals surface area contributed by atoms with E-state index in [2.05, 4.69) is 35.9 Å². The van der Waals surface area contributed by atoms with Gasteiger partial charge in [-0.15, -0.1) is 45.9 Å². The summed E-state index contributed by atoms with van der Waals surface area (Å²) >= 11 is 12.3. The predicted molar refractivity (Wildman–Crippen MR) is 290 cm³/mol. The van der Waals surface area contributed by atoms with Gasteiger partial charge in [0.25, 0.3) is 0 Å². The second kappa shape index (κ2) is 29.8. The standard InChI is InChI=1S/C29H36N4O4S.C24H28N4O2S.CH2Cl2/c1-29(2,3)37-28(35)33-15-11-21(12-16-33)7-5-17-36-24-8-4-6-22(18-24)19-26(34)32-27-31-25(20-38-27)23-9-13-30-14-10-23;29-23(28-24-27-22(17-31-24)20-8-12-26-13-9-20)16-19-3-1-5-21(15-19)30-14-2-4-18-6-10-25-11-7-18;2-1-3/h4,6,8-10,13-14,18,20-21H,5,7,11-12,15-17,19H2,1-3H3,(H,31,32,34);1,3,5,8-9,12-13,15,17-18,25H,2,4,6-7,10-11,14,16H2,(H,27,28,29);1H2. The Morgan fingerprint density at radius 3 is 1.57 bits per heavy atom. The molecule has 72 heavy (non-hydrogen) atoms. The van der Waals surface area contributed by atoms with Gasteiger partial charge in [0.05, 0.1) is 42.8 Å². The number of hydrogen-bond donors (Lipinski definition) is 3. The lowest BCUT2D eigenvalue weighted by atomic mass is 9.92. The van der Waals surface area contributed by atoms with Gasteiger partial charge in [0, 0.05) is 59.8 Å². The third-order valence-electron chi connectivity index (χ3n) is 11.8. The fraction of sp³-hybridized carbons (Fsp3) is 0.426. The van der Waals surface area contributed by atoms with Crippen LogP contribution in [0, 0.1) is 11.8 Å². The van der Waals surface area contributed by atoms with Crippen LogP contribution in [0.15, 0.2) is 108 Å². The molecule has 4 aromatic heterocycles. The number of aromatic nitrogens is 4. The number of nitrogens with one attached hydrogen (secondary N) is 3. The average molecular weight is 1060 g/mol. The first kappa shape index (κ1) is 55.7. The van der Waals surface area contributed by atoms with Gasteiger partial charge in [0.2, 0.25) is 11.8 Å². The zero-order valence-corrected chi connectivity index (χ0v) is 44.5. The van der Waals surface area contributed by atoms with Crippen molar-refractivity contribution in [2.75, 3.05) is 55.4 Å². The number of amides is 3. The van der Waals surface area contributed by atoms with E-state index in [1.807, 2.05) is 109 Å². The maximum Gasteiger partial charge on any atom is 0.410 e. The molecule has 0 atom stereocenters. The third-order valence-corrected chi connectivity index (χ3v) is 13.3. The van der Waals surface area contributed by atoms with Crippen molar-refractivity contribution < 1.29 is 28.6 Å². The number of piperidine rings is 2. The molecular formula is C54H66Cl2N8O6S2. The third kappa shape index (κ3) is 20.1. The number of anilines is 2. The van der Waals surface area contributed by atoms with Crippen molar-refractivity contribution in [3.63, 3.8) is 0 Å². The number of hydrogen-bond acceptors (Lipinski definition) is 13. The zero-order chi connectivity index (χ0) is 51.0. The first-order valence-corrected chi connectivity index (χ1v) is 27.3. The van der Waals surface area contributed by atoms with Crippen molar-refractivity contribution in [2.45, 2.75) is 90.6 Å². The molecule has 8 rings (SSSR count). The molecule has 6 heterocycles. The van der Waals surface area contributed by atoms with E-state index < -0.39 is 5.60 Å². The topological polar surface area (TPSA) is 170 Å². The number of rotatable bonds is 18. The van der Waals surface area contributed by atoms with E-state index in [0.717, 1.165) is 116 Å². The van der Waals surface area contributed by atoms with Crippen LogP contribution in [0.3, 0.4) is 0 Å². The number of pyridine rings is 2. The Bertz CT molecular complexity index is 2550. The number of nitrogens with zero attached hydrogens (tertiary/aromatic N) is 5. The summed E-state index contributed by atoms with van der Waals surface area (Å²) in [6.07, 6.45) is 16.1. The van der Waals surface area contributed by atoms with E-state index in [1.54, 1.807) is 24.8 Å². The highest BCUT2D eigenvalue weighted by Gasteiger charge is 2.27. The molecule has 0 saturated carbocycles. The second-order valence-corrected chi connectivity index (χ2v) is 21.0. The molecule has 0 unspecified atom stereocenters. The van der Waals surface area contributed by atoms with Crippen LogP contribution >= 0.6 is 45.9 Å². The molecule has 6 aromatic rings. The number of ether oxygens (including phenoxy) is 3. The highest BCUT2D eigenvalue weighted by Crippen LogP contribution is 2.28. The average Bonchev–Trinajstić information content (AvgIpc) is 4.05. The lowest BCUT2D eigenvalue weighted by Crippen LogP contribution is -2.41. The fourth-order valence-corrected chi connectivity index (χ4v) is 9.66. The van der Waals surface area contributed by atoms with E-state index >= 15 is 0 Å². The Morgan fingerprint density at radius 2 is 1.12 bits per heavy atom. The van der Waals surface area contributed by atoms with Crippen LogP contribution in [0.25, 0.3) is 22.5 Å². The van der Waals surface area contributed by atoms with Crippen LogP contribution in [0.1, 0.15) is 83.3 Å². The van der Waals surface area contributed by atoms with Crippen LogP contribution in [0.2, 0.25) is 0 Å². The quantitative estimate of drug-likeness (QED) is 0.0553. The van der Waals surface area contributed by atoms with Gasteiger partial charge in [-0.2, -0.15) is 0 Å². The normalized spacial score (nSPS) is 13.9. The molecule has 0 bridgehead atoms. The van der Waals surface area contributed by atoms with Gasteiger partial charge < -0.3 is 35.1 Å². The molecule has 3 amide bonds. The molecule has 384 valence electrons. The summed E-state index contributed by atoms with van der Waals surface area (Å²) in [5, 5.41) is 14.4. The Hall–Kier alpha value is -5.65. The van der Waals surface area contributed by atoms with Crippen molar-refractivity contribution in [3.05, 3.63) is 119 Å². The number of carbonyl (C=O) groups is 3. The Balaban J connectivity index is 0.000000227. The van der Waals surface area contributed by atoms with Gasteiger partial charge in [-0.1, -0.05) is 24.3 Å². The molecule has 2 aromatic carbocycles. The lowest BCUT2D eigenvalue weighted by Gasteiger charge is -2.33. The van der Waals surface area contributed by atoms with E-state index in [4.69, 9.17) is 37.4 Å². The second-order valence-electron chi connectivity index (χ2n) is 18.5. The molecule has 2 saturated heterocycles. The van der Waals surface area contributed by atoms with E-state index in [1.165, 1.54) is 41.9 Å². The van der Waals surface area contributed by atoms with Gasteiger partial charge in [-0.25, -0.2) is 14.8 Å². The fourth-order valence-electron chi connectivity index (χ4n) is 8.19. The highest BCUT2D eigenvalue weighted by molar-refractivity contribution is 7.14. The molecule has 14 nitrogen and oxygen atoms in total. The van der Waals surface area contributed by atoms with Gasteiger partial charge >= 0.3 is 6.09 Å². The van der Waals surface area contributed by atoms with E-state index in [0.29, 0.717) is 22.8 Å². The zero-order valence-electron chi connectivity index (χ0n) is 41.3. The molecule has 18 heteroatoms. The van der Waals surface area contributed by atoms with Crippen LogP contribution < -0.4 is 25.4 Å². The SMILES string of the molecule is CC(C)(C)OC(=O)N1CCC(CCCOc2cccc(CC(=O)Nc3nc(-c4ccncc4)cs3)c2)CC1.ClCCl.O=C(Cc1cccc(OCCCC2CCNCC2)c1)Nc1nc(-c2ccncc2)cs1. The largest absolute Gasteiger partial charge is 0.494 e. The summed E-state index contributed by atoms with van der Waals surface area (Å²) in [6, 6.07) is 23.1. The van der Waals surface area contributed by atoms with E-state index in [9.17, 15) is 14.4 Å². The molecule has 2 aliphatic heterocycles. The Labute approximate surface area is 441 Å². The summed E-state index contributed by atoms with van der Waals surface area (Å²) in [6.45, 7) is 10.8. The monoisotopic (exact) mass is 1060 g/mol. The number of carbonyl (C=O) groups excluding carboxylic acids is 3. The maximum atomic E-state index is 12.6. The Morgan fingerprint density at radius 1 is 0.681 bits per heavy atom. The highest BCUT2D eigenvalue weighted by atomic mass is 35.5. The summed E-state index contributed by atoms with van der Waals surface area (Å²) in [5.41, 5.74) is 4.96. The first-order chi connectivity index (χ1) is 34.9. The molecule has 0 radical (unpaired) electrons. The van der Waals surface area contributed by atoms with Crippen LogP contribution in [0.4, 0.5) is 15.1 Å². The van der Waals surface area contributed by atoms with Gasteiger partial charge in [-0.3, -0.25) is 19.6 Å². The van der Waals surface area contributed by atoms with Crippen LogP contribution in [-0.4, -0.2) is 93.1 Å². The number of benzene rings is 2. The molecule has 2 fully saturated rings. The van der Waals surface area contributed by atoms with Crippen molar-refractivity contribution >= 4 is 74.0 Å². The van der Waals surface area contributed by atoms with Crippen LogP contribution in [0.5, 0.6) is 11.5 Å². The molecular weight excluding hydrogens is 992 g/mol. The summed E-state index contributed by atoms with van der Waals surface area (Å²) < 4.78 is 17.4. The van der Waals surface area contributed by atoms with Gasteiger partial charge in [-0.05, 0) is 157 Å². The van der Waals surface area contributed by atoms with Crippen molar-refractivity contribution in [1.82, 2.24) is 30.2 Å². The molecule has 0 spiro atoms. The van der Waals surface area contributed by atoms with Crippen molar-refractivity contribution in [2.24, 2.45) is 11.8 Å². The smallest absolute Gasteiger partial charge is 0.410 e. The first-order valence-electron chi connectivity index (χ1n) is 24.5. The minimum atomic E-state index is -0.460. The van der Waals surface area contributed by atoms with Gasteiger partial charge in [0.15, 0.2) is 10.3 Å². The lowest BCUT2D eigenvalue weighted by molar-refractivity contribution is -0.116. The number of alkyl halides is 2. The summed E-state index contributed by atoms with van der Waals surface area (Å²) in [4.78, 5) is 56.1. The molecule has 0 aliphatic carbocycles. The van der Waals surface area contributed by atoms with Crippen LogP contribution in [-0.2, 0) is 27.2 Å². The van der Waals surface area contributed by atoms with Crippen molar-refractivity contribution in [1.29, 1.82) is 0 Å². The number of halogens is 2. The Kier molecular flexibility index (Phi) is 23.0. The molecule has 3 N–H and O–H groups in total. The maximum absolute atomic E-state index is 12.6. The summed E-state index contributed by atoms with van der Waals surface area (Å²) in [7, 11) is 0. The van der Waals surface area contributed by atoms with Gasteiger partial charge in [0.1, 0.15) is 17.1 Å². The number of likely N-dealkylation sites (tertiary alicyclic amines) is 1. The number of thiazole rings is 2. The van der Waals surface area contributed by atoms with E-state index in [-0.39, 0.29) is 36.1 Å². The van der Waals surface area contributed by atoms with Crippen molar-refractivity contribution in [3.8, 4) is 34.0 Å². The predicted octanol–water partition coefficient (Wildman–Crippen LogP) is 12.2. The summed E-state index contributed by atoms with van der Waals surface area (Å²) in [5.74, 6) is 2.81. The minimum absolute atomic E-state index is 0.0845. The molecule has 2 aliphatic rings.